The lowest BCUT2D eigenvalue weighted by atomic mass is 10.3. The highest BCUT2D eigenvalue weighted by atomic mass is 35.5. The number of hydrogen-bond acceptors (Lipinski definition) is 3. The van der Waals surface area contributed by atoms with Gasteiger partial charge in [-0.05, 0) is 32.0 Å². The molecule has 104 valence electrons. The van der Waals surface area contributed by atoms with E-state index in [2.05, 4.69) is 5.32 Å². The van der Waals surface area contributed by atoms with E-state index in [1.807, 2.05) is 13.8 Å². The van der Waals surface area contributed by atoms with Gasteiger partial charge in [0.2, 0.25) is 0 Å². The average Bonchev–Trinajstić information content (AvgIpc) is 2.40. The zero-order valence-corrected chi connectivity index (χ0v) is 12.0. The molecule has 1 rings (SSSR count). The van der Waals surface area contributed by atoms with Gasteiger partial charge in [0.15, 0.2) is 0 Å². The minimum absolute atomic E-state index is 0.375. The Kier molecular flexibility index (Phi) is 5.63. The summed E-state index contributed by atoms with van der Waals surface area (Å²) >= 11 is 5.85. The number of halogens is 1. The highest BCUT2D eigenvalue weighted by molar-refractivity contribution is 6.40. The van der Waals surface area contributed by atoms with Gasteiger partial charge in [-0.1, -0.05) is 11.6 Å². The highest BCUT2D eigenvalue weighted by Crippen LogP contribution is 2.27. The summed E-state index contributed by atoms with van der Waals surface area (Å²) in [5, 5.41) is 2.96. The van der Waals surface area contributed by atoms with Crippen LogP contribution in [0, 0.1) is 0 Å². The van der Waals surface area contributed by atoms with E-state index in [1.54, 1.807) is 12.1 Å². The molecule has 5 nitrogen and oxygen atoms in total. The predicted molar refractivity (Wildman–Crippen MR) is 74.6 cm³/mol. The van der Waals surface area contributed by atoms with Crippen molar-refractivity contribution in [3.63, 3.8) is 0 Å². The summed E-state index contributed by atoms with van der Waals surface area (Å²) in [5.41, 5.74) is 0.375. The molecule has 0 heterocycles. The van der Waals surface area contributed by atoms with E-state index in [4.69, 9.17) is 16.3 Å². The Hall–Kier alpha value is -1.75. The number of nitrogens with one attached hydrogen (secondary N) is 1. The number of carbonyl (C=O) groups excluding carboxylic acids is 2. The van der Waals surface area contributed by atoms with Crippen molar-refractivity contribution in [3.8, 4) is 5.75 Å². The van der Waals surface area contributed by atoms with Gasteiger partial charge in [-0.25, -0.2) is 0 Å². The van der Waals surface area contributed by atoms with Gasteiger partial charge in [-0.2, -0.15) is 0 Å². The van der Waals surface area contributed by atoms with Gasteiger partial charge in [0.1, 0.15) is 5.75 Å². The number of carbonyl (C=O) groups is 2. The highest BCUT2D eigenvalue weighted by Gasteiger charge is 2.20. The first kappa shape index (κ1) is 15.3. The molecule has 1 aromatic rings. The maximum Gasteiger partial charge on any atom is 0.314 e. The van der Waals surface area contributed by atoms with Gasteiger partial charge < -0.3 is 15.0 Å². The summed E-state index contributed by atoms with van der Waals surface area (Å²) in [6, 6.07) is 4.80. The van der Waals surface area contributed by atoms with Gasteiger partial charge in [-0.15, -0.1) is 0 Å². The molecule has 0 aliphatic heterocycles. The number of hydrogen-bond donors (Lipinski definition) is 1. The van der Waals surface area contributed by atoms with Crippen LogP contribution in [0.1, 0.15) is 13.8 Å². The second-order valence-electron chi connectivity index (χ2n) is 3.78. The SMILES string of the molecule is CCN(CC)C(=O)C(=O)Nc1cc(Cl)ccc1OC. The number of amides is 2. The monoisotopic (exact) mass is 284 g/mol. The predicted octanol–water partition coefficient (Wildman–Crippen LogP) is 2.16. The molecule has 1 N–H and O–H groups in total. The molecule has 0 saturated heterocycles. The van der Waals surface area contributed by atoms with Crippen molar-refractivity contribution in [3.05, 3.63) is 23.2 Å². The Labute approximate surface area is 117 Å². The summed E-state index contributed by atoms with van der Waals surface area (Å²) in [7, 11) is 1.48. The van der Waals surface area contributed by atoms with Crippen molar-refractivity contribution in [1.29, 1.82) is 0 Å². The average molecular weight is 285 g/mol. The fourth-order valence-electron chi connectivity index (χ4n) is 1.61. The van der Waals surface area contributed by atoms with Crippen LogP contribution in [0.25, 0.3) is 0 Å². The van der Waals surface area contributed by atoms with Crippen LogP contribution in [0.5, 0.6) is 5.75 Å². The molecular formula is C13H17ClN2O3. The summed E-state index contributed by atoms with van der Waals surface area (Å²) < 4.78 is 5.10. The number of methoxy groups -OCH3 is 1. The second kappa shape index (κ2) is 6.99. The maximum atomic E-state index is 11.9. The van der Waals surface area contributed by atoms with Crippen LogP contribution in [0.4, 0.5) is 5.69 Å². The largest absolute Gasteiger partial charge is 0.495 e. The minimum Gasteiger partial charge on any atom is -0.495 e. The Morgan fingerprint density at radius 3 is 2.47 bits per heavy atom. The van der Waals surface area contributed by atoms with E-state index in [0.717, 1.165) is 0 Å². The number of likely N-dealkylation sites (N-methyl/N-ethyl adjacent to an activating group) is 1. The van der Waals surface area contributed by atoms with Crippen molar-refractivity contribution < 1.29 is 14.3 Å². The van der Waals surface area contributed by atoms with Crippen LogP contribution in [0.3, 0.4) is 0 Å². The van der Waals surface area contributed by atoms with Gasteiger partial charge in [0.25, 0.3) is 0 Å². The van der Waals surface area contributed by atoms with E-state index in [1.165, 1.54) is 18.1 Å². The molecule has 0 fully saturated rings. The molecule has 0 atom stereocenters. The van der Waals surface area contributed by atoms with Crippen molar-refractivity contribution >= 4 is 29.1 Å². The second-order valence-corrected chi connectivity index (χ2v) is 4.21. The molecule has 0 aliphatic carbocycles. The summed E-state index contributed by atoms with van der Waals surface area (Å²) in [6.45, 7) is 4.59. The van der Waals surface area contributed by atoms with E-state index < -0.39 is 11.8 Å². The smallest absolute Gasteiger partial charge is 0.314 e. The van der Waals surface area contributed by atoms with E-state index in [0.29, 0.717) is 29.5 Å². The summed E-state index contributed by atoms with van der Waals surface area (Å²) in [6.07, 6.45) is 0. The molecule has 0 unspecified atom stereocenters. The fraction of sp³-hybridized carbons (Fsp3) is 0.385. The standard InChI is InChI=1S/C13H17ClN2O3/c1-4-16(5-2)13(18)12(17)15-10-8-9(14)6-7-11(10)19-3/h6-8H,4-5H2,1-3H3,(H,15,17). The third kappa shape index (κ3) is 3.86. The van der Waals surface area contributed by atoms with Crippen LogP contribution in [0.2, 0.25) is 5.02 Å². The minimum atomic E-state index is -0.704. The molecule has 0 saturated carbocycles. The molecular weight excluding hydrogens is 268 g/mol. The first-order valence-corrected chi connectivity index (χ1v) is 6.35. The Balaban J connectivity index is 2.87. The molecule has 1 aromatic carbocycles. The van der Waals surface area contributed by atoms with Crippen molar-refractivity contribution in [2.45, 2.75) is 13.8 Å². The molecule has 2 amide bonds. The molecule has 0 aliphatic rings. The molecule has 6 heteroatoms. The van der Waals surface area contributed by atoms with Crippen LogP contribution in [0.15, 0.2) is 18.2 Å². The Morgan fingerprint density at radius 2 is 1.95 bits per heavy atom. The van der Waals surface area contributed by atoms with Gasteiger partial charge in [-0.3, -0.25) is 9.59 Å². The molecule has 0 bridgehead atoms. The number of rotatable bonds is 4. The molecule has 19 heavy (non-hydrogen) atoms. The number of ether oxygens (including phenoxy) is 1. The topological polar surface area (TPSA) is 58.6 Å². The quantitative estimate of drug-likeness (QED) is 0.862. The fourth-order valence-corrected chi connectivity index (χ4v) is 1.78. The van der Waals surface area contributed by atoms with Gasteiger partial charge >= 0.3 is 11.8 Å². The van der Waals surface area contributed by atoms with Crippen LogP contribution in [-0.2, 0) is 9.59 Å². The van der Waals surface area contributed by atoms with Crippen LogP contribution in [-0.4, -0.2) is 36.9 Å². The summed E-state index contributed by atoms with van der Waals surface area (Å²) in [5.74, 6) is -0.832. The lowest BCUT2D eigenvalue weighted by Gasteiger charge is -2.18. The van der Waals surface area contributed by atoms with Gasteiger partial charge in [0, 0.05) is 18.1 Å². The normalized spacial score (nSPS) is 9.89. The Bertz CT molecular complexity index is 473. The van der Waals surface area contributed by atoms with Crippen molar-refractivity contribution in [2.24, 2.45) is 0 Å². The maximum absolute atomic E-state index is 11.9. The first-order valence-electron chi connectivity index (χ1n) is 5.97. The van der Waals surface area contributed by atoms with Gasteiger partial charge in [0.05, 0.1) is 12.8 Å². The lowest BCUT2D eigenvalue weighted by Crippen LogP contribution is -2.39. The summed E-state index contributed by atoms with van der Waals surface area (Å²) in [4.78, 5) is 25.1. The van der Waals surface area contributed by atoms with E-state index in [-0.39, 0.29) is 0 Å². The zero-order valence-electron chi connectivity index (χ0n) is 11.2. The number of nitrogens with zero attached hydrogens (tertiary/aromatic N) is 1. The number of anilines is 1. The molecule has 0 aromatic heterocycles. The number of benzene rings is 1. The van der Waals surface area contributed by atoms with E-state index in [9.17, 15) is 9.59 Å². The molecule has 0 radical (unpaired) electrons. The van der Waals surface area contributed by atoms with Crippen LogP contribution < -0.4 is 10.1 Å². The lowest BCUT2D eigenvalue weighted by molar-refractivity contribution is -0.142. The van der Waals surface area contributed by atoms with Crippen LogP contribution >= 0.6 is 11.6 Å². The van der Waals surface area contributed by atoms with Crippen molar-refractivity contribution in [2.75, 3.05) is 25.5 Å². The third-order valence-electron chi connectivity index (χ3n) is 2.65. The Morgan fingerprint density at radius 1 is 1.32 bits per heavy atom. The first-order chi connectivity index (χ1) is 9.03. The third-order valence-corrected chi connectivity index (χ3v) is 2.89. The van der Waals surface area contributed by atoms with Crippen molar-refractivity contribution in [1.82, 2.24) is 4.90 Å². The van der Waals surface area contributed by atoms with E-state index >= 15 is 0 Å². The zero-order chi connectivity index (χ0) is 14.4. The molecule has 0 spiro atoms.